The minimum absolute atomic E-state index is 0.0128. The van der Waals surface area contributed by atoms with Gasteiger partial charge in [-0.1, -0.05) is 36.3 Å². The first-order valence-electron chi connectivity index (χ1n) is 9.01. The van der Waals surface area contributed by atoms with Crippen LogP contribution in [0.2, 0.25) is 0 Å². The summed E-state index contributed by atoms with van der Waals surface area (Å²) >= 11 is 0. The van der Waals surface area contributed by atoms with E-state index >= 15 is 0 Å². The molecule has 1 aromatic carbocycles. The Balaban J connectivity index is 2.04. The van der Waals surface area contributed by atoms with Crippen LogP contribution in [0, 0.1) is 11.8 Å². The van der Waals surface area contributed by atoms with E-state index in [0.717, 1.165) is 5.56 Å². The molecular weight excluding hydrogens is 372 g/mol. The maximum absolute atomic E-state index is 12.5. The molecule has 1 heterocycles. The van der Waals surface area contributed by atoms with Gasteiger partial charge in [0.15, 0.2) is 0 Å². The number of hydrogen-bond acceptors (Lipinski definition) is 7. The van der Waals surface area contributed by atoms with Gasteiger partial charge in [-0.3, -0.25) is 0 Å². The van der Waals surface area contributed by atoms with Gasteiger partial charge in [0.2, 0.25) is 0 Å². The number of carbonyl (C=O) groups is 2. The Hall–Kier alpha value is -3.60. The van der Waals surface area contributed by atoms with Crippen molar-refractivity contribution in [3.05, 3.63) is 53.7 Å². The summed E-state index contributed by atoms with van der Waals surface area (Å²) in [6.07, 6.45) is -0.716. The largest absolute Gasteiger partial charge is 0.459 e. The van der Waals surface area contributed by atoms with E-state index in [1.807, 2.05) is 30.3 Å². The van der Waals surface area contributed by atoms with Crippen molar-refractivity contribution in [3.8, 4) is 11.8 Å². The van der Waals surface area contributed by atoms with Gasteiger partial charge in [0, 0.05) is 6.42 Å². The third-order valence-electron chi connectivity index (χ3n) is 3.41. The van der Waals surface area contributed by atoms with Crippen molar-refractivity contribution >= 4 is 17.9 Å². The highest BCUT2D eigenvalue weighted by atomic mass is 16.6. The number of nitrogens with one attached hydrogen (secondary N) is 1. The van der Waals surface area contributed by atoms with Crippen LogP contribution >= 0.6 is 0 Å². The summed E-state index contributed by atoms with van der Waals surface area (Å²) in [5.41, 5.74) is 6.01. The predicted octanol–water partition coefficient (Wildman–Crippen LogP) is 2.44. The van der Waals surface area contributed by atoms with Crippen molar-refractivity contribution in [2.75, 3.05) is 5.73 Å². The number of benzene rings is 1. The number of carbonyl (C=O) groups excluding carboxylic acids is 2. The highest BCUT2D eigenvalue weighted by Gasteiger charge is 2.25. The van der Waals surface area contributed by atoms with Crippen molar-refractivity contribution in [3.63, 3.8) is 0 Å². The molecule has 0 aliphatic heterocycles. The fraction of sp³-hybridized carbons (Fsp3) is 0.333. The van der Waals surface area contributed by atoms with Gasteiger partial charge in [0.1, 0.15) is 29.8 Å². The lowest BCUT2D eigenvalue weighted by Crippen LogP contribution is -2.44. The molecule has 0 spiro atoms. The molecule has 1 atom stereocenters. The second kappa shape index (κ2) is 10.1. The zero-order valence-electron chi connectivity index (χ0n) is 16.6. The number of aromatic nitrogens is 2. The third kappa shape index (κ3) is 8.30. The van der Waals surface area contributed by atoms with E-state index in [9.17, 15) is 9.59 Å². The highest BCUT2D eigenvalue weighted by Crippen LogP contribution is 2.08. The van der Waals surface area contributed by atoms with E-state index < -0.39 is 23.7 Å². The summed E-state index contributed by atoms with van der Waals surface area (Å²) in [6.45, 7) is 5.28. The minimum Gasteiger partial charge on any atom is -0.459 e. The normalized spacial score (nSPS) is 11.6. The second-order valence-electron chi connectivity index (χ2n) is 7.14. The zero-order valence-corrected chi connectivity index (χ0v) is 16.6. The summed E-state index contributed by atoms with van der Waals surface area (Å²) in [4.78, 5) is 24.6. The smallest absolute Gasteiger partial charge is 0.408 e. The predicted molar refractivity (Wildman–Crippen MR) is 107 cm³/mol. The van der Waals surface area contributed by atoms with E-state index in [0.29, 0.717) is 5.69 Å². The quantitative estimate of drug-likeness (QED) is 0.589. The molecule has 1 unspecified atom stereocenters. The molecule has 8 nitrogen and oxygen atoms in total. The SMILES string of the molecule is CC(C)(C)OC(=O)NC(CC#Cc1ccc(N)nn1)C(=O)OCc1ccccc1. The molecule has 0 bridgehead atoms. The monoisotopic (exact) mass is 396 g/mol. The number of esters is 1. The van der Waals surface area contributed by atoms with E-state index in [-0.39, 0.29) is 18.8 Å². The summed E-state index contributed by atoms with van der Waals surface area (Å²) in [5, 5.41) is 10.0. The highest BCUT2D eigenvalue weighted by molar-refractivity contribution is 5.81. The van der Waals surface area contributed by atoms with Crippen LogP contribution in [0.4, 0.5) is 10.6 Å². The standard InChI is InChI=1S/C21H24N4O4/c1-21(2,3)29-20(27)23-17(11-7-10-16-12-13-18(22)25-24-16)19(26)28-14-15-8-5-4-6-9-15/h4-6,8-9,12-13,17H,11,14H2,1-3H3,(H2,22,25)(H,23,27). The fourth-order valence-electron chi connectivity index (χ4n) is 2.13. The van der Waals surface area contributed by atoms with Gasteiger partial charge in [-0.15, -0.1) is 10.2 Å². The molecule has 0 saturated carbocycles. The number of nitrogens with two attached hydrogens (primary N) is 1. The van der Waals surface area contributed by atoms with Crippen molar-refractivity contribution < 1.29 is 19.1 Å². The van der Waals surface area contributed by atoms with Gasteiger partial charge in [-0.25, -0.2) is 9.59 Å². The van der Waals surface area contributed by atoms with Crippen LogP contribution in [0.15, 0.2) is 42.5 Å². The van der Waals surface area contributed by atoms with E-state index in [1.54, 1.807) is 32.9 Å². The first kappa shape index (κ1) is 21.7. The molecule has 0 aliphatic carbocycles. The molecule has 2 aromatic rings. The first-order chi connectivity index (χ1) is 13.7. The van der Waals surface area contributed by atoms with Crippen LogP contribution in [0.3, 0.4) is 0 Å². The number of nitrogens with zero attached hydrogens (tertiary/aromatic N) is 2. The van der Waals surface area contributed by atoms with Crippen LogP contribution in [0.5, 0.6) is 0 Å². The Morgan fingerprint density at radius 1 is 1.14 bits per heavy atom. The Labute approximate surface area is 169 Å². The number of rotatable bonds is 5. The Kier molecular flexibility index (Phi) is 7.54. The molecule has 2 rings (SSSR count). The molecule has 3 N–H and O–H groups in total. The third-order valence-corrected chi connectivity index (χ3v) is 3.41. The summed E-state index contributed by atoms with van der Waals surface area (Å²) < 4.78 is 10.5. The molecule has 1 aromatic heterocycles. The first-order valence-corrected chi connectivity index (χ1v) is 9.01. The van der Waals surface area contributed by atoms with E-state index in [1.165, 1.54) is 0 Å². The van der Waals surface area contributed by atoms with Crippen LogP contribution in [0.25, 0.3) is 0 Å². The average molecular weight is 396 g/mol. The Morgan fingerprint density at radius 3 is 2.48 bits per heavy atom. The molecular formula is C21H24N4O4. The maximum atomic E-state index is 12.5. The lowest BCUT2D eigenvalue weighted by molar-refractivity contribution is -0.147. The van der Waals surface area contributed by atoms with E-state index in [2.05, 4.69) is 27.4 Å². The van der Waals surface area contributed by atoms with Crippen LogP contribution in [-0.4, -0.2) is 33.9 Å². The number of anilines is 1. The summed E-state index contributed by atoms with van der Waals surface area (Å²) in [6, 6.07) is 11.4. The van der Waals surface area contributed by atoms with Gasteiger partial charge >= 0.3 is 12.1 Å². The molecule has 0 radical (unpaired) electrons. The van der Waals surface area contributed by atoms with Crippen LogP contribution in [0.1, 0.15) is 38.4 Å². The van der Waals surface area contributed by atoms with Crippen molar-refractivity contribution in [1.82, 2.24) is 15.5 Å². The Bertz CT molecular complexity index is 881. The average Bonchev–Trinajstić information content (AvgIpc) is 2.66. The maximum Gasteiger partial charge on any atom is 0.408 e. The number of amides is 1. The molecule has 8 heteroatoms. The van der Waals surface area contributed by atoms with Crippen LogP contribution < -0.4 is 11.1 Å². The molecule has 1 amide bonds. The van der Waals surface area contributed by atoms with Crippen molar-refractivity contribution in [1.29, 1.82) is 0 Å². The fourth-order valence-corrected chi connectivity index (χ4v) is 2.13. The topological polar surface area (TPSA) is 116 Å². The molecule has 0 fully saturated rings. The number of hydrogen-bond donors (Lipinski definition) is 2. The number of ether oxygens (including phenoxy) is 2. The van der Waals surface area contributed by atoms with Gasteiger partial charge < -0.3 is 20.5 Å². The Morgan fingerprint density at radius 2 is 1.86 bits per heavy atom. The van der Waals surface area contributed by atoms with Gasteiger partial charge in [-0.05, 0) is 44.4 Å². The summed E-state index contributed by atoms with van der Waals surface area (Å²) in [7, 11) is 0. The van der Waals surface area contributed by atoms with Crippen molar-refractivity contribution in [2.45, 2.75) is 45.4 Å². The molecule has 0 saturated heterocycles. The number of nitrogen functional groups attached to an aromatic ring is 1. The lowest BCUT2D eigenvalue weighted by atomic mass is 10.2. The number of alkyl carbamates (subject to hydrolysis) is 1. The molecule has 29 heavy (non-hydrogen) atoms. The second-order valence-corrected chi connectivity index (χ2v) is 7.14. The van der Waals surface area contributed by atoms with E-state index in [4.69, 9.17) is 15.2 Å². The van der Waals surface area contributed by atoms with Gasteiger partial charge in [0.05, 0.1) is 0 Å². The zero-order chi connectivity index (χ0) is 21.3. The van der Waals surface area contributed by atoms with Crippen LogP contribution in [-0.2, 0) is 20.9 Å². The van der Waals surface area contributed by atoms with Gasteiger partial charge in [0.25, 0.3) is 0 Å². The molecule has 152 valence electrons. The minimum atomic E-state index is -0.997. The molecule has 0 aliphatic rings. The van der Waals surface area contributed by atoms with Gasteiger partial charge in [-0.2, -0.15) is 0 Å². The van der Waals surface area contributed by atoms with Crippen molar-refractivity contribution in [2.24, 2.45) is 0 Å². The summed E-state index contributed by atoms with van der Waals surface area (Å²) in [5.74, 6) is 5.25. The lowest BCUT2D eigenvalue weighted by Gasteiger charge is -2.22.